The van der Waals surface area contributed by atoms with Crippen LogP contribution in [0.1, 0.15) is 104 Å². The second-order valence-corrected chi connectivity index (χ2v) is 14.5. The van der Waals surface area contributed by atoms with Gasteiger partial charge in [0.2, 0.25) is 5.91 Å². The molecule has 2 aromatic carbocycles. The number of hydrogen-bond acceptors (Lipinski definition) is 6. The van der Waals surface area contributed by atoms with Gasteiger partial charge < -0.3 is 15.0 Å². The van der Waals surface area contributed by atoms with E-state index in [0.29, 0.717) is 30.9 Å². The fourth-order valence-electron chi connectivity index (χ4n) is 7.18. The molecule has 1 saturated carbocycles. The Kier molecular flexibility index (Phi) is 12.8. The summed E-state index contributed by atoms with van der Waals surface area (Å²) in [5, 5.41) is 2.85. The summed E-state index contributed by atoms with van der Waals surface area (Å²) in [4.78, 5) is 60.4. The minimum absolute atomic E-state index is 0.0325. The van der Waals surface area contributed by atoms with E-state index in [1.807, 2.05) is 65.8 Å². The van der Waals surface area contributed by atoms with E-state index in [9.17, 15) is 19.2 Å². The zero-order valence-electron chi connectivity index (χ0n) is 30.5. The highest BCUT2D eigenvalue weighted by Crippen LogP contribution is 2.44. The van der Waals surface area contributed by atoms with Crippen LogP contribution in [0.25, 0.3) is 11.1 Å². The molecule has 2 fully saturated rings. The second-order valence-electron chi connectivity index (χ2n) is 14.5. The van der Waals surface area contributed by atoms with E-state index >= 15 is 0 Å². The third-order valence-corrected chi connectivity index (χ3v) is 9.79. The summed E-state index contributed by atoms with van der Waals surface area (Å²) < 4.78 is 5.80. The van der Waals surface area contributed by atoms with Crippen LogP contribution in [-0.2, 0) is 19.1 Å². The number of nitrogens with zero attached hydrogens (tertiary/aromatic N) is 2. The van der Waals surface area contributed by atoms with Gasteiger partial charge in [0.15, 0.2) is 11.6 Å². The van der Waals surface area contributed by atoms with Crippen LogP contribution in [0.15, 0.2) is 65.7 Å². The van der Waals surface area contributed by atoms with Crippen LogP contribution in [0, 0.1) is 17.3 Å². The monoisotopic (exact) mass is 669 g/mol. The summed E-state index contributed by atoms with van der Waals surface area (Å²) in [5.41, 5.74) is 5.09. The number of Topliss-reactive ketones (excluding diaryl/α,β-unsaturated/α-hetero) is 2. The molecule has 1 heterocycles. The maximum Gasteiger partial charge on any atom is 0.407 e. The van der Waals surface area contributed by atoms with Crippen molar-refractivity contribution in [1.82, 2.24) is 10.2 Å². The van der Waals surface area contributed by atoms with Crippen molar-refractivity contribution in [1.29, 1.82) is 0 Å². The number of likely N-dealkylation sites (tertiary alicyclic amines) is 1. The Morgan fingerprint density at radius 1 is 1.00 bits per heavy atom. The Morgan fingerprint density at radius 2 is 1.59 bits per heavy atom. The van der Waals surface area contributed by atoms with Crippen molar-refractivity contribution in [2.24, 2.45) is 22.2 Å². The van der Waals surface area contributed by atoms with Crippen LogP contribution < -0.4 is 5.32 Å². The molecule has 5 rings (SSSR count). The summed E-state index contributed by atoms with van der Waals surface area (Å²) in [6, 6.07) is 14.6. The van der Waals surface area contributed by atoms with Gasteiger partial charge in [0.25, 0.3) is 0 Å². The number of alkyl carbamates (subject to hydrolysis) is 1. The number of ketones is 2. The number of rotatable bonds is 13. The summed E-state index contributed by atoms with van der Waals surface area (Å²) in [5.74, 6) is -0.377. The van der Waals surface area contributed by atoms with E-state index in [4.69, 9.17) is 4.74 Å². The van der Waals surface area contributed by atoms with Crippen LogP contribution in [-0.4, -0.2) is 66.5 Å². The zero-order chi connectivity index (χ0) is 35.9. The van der Waals surface area contributed by atoms with Crippen LogP contribution in [0.4, 0.5) is 4.79 Å². The Labute approximate surface area is 292 Å². The maximum absolute atomic E-state index is 14.2. The highest BCUT2D eigenvalue weighted by Gasteiger charge is 2.44. The molecule has 1 N–H and O–H groups in total. The Hall–Kier alpha value is -4.07. The number of aliphatic imine (C=N–C) groups is 1. The van der Waals surface area contributed by atoms with Gasteiger partial charge in [0.1, 0.15) is 12.6 Å². The van der Waals surface area contributed by atoms with Gasteiger partial charge in [-0.3, -0.25) is 19.4 Å². The quantitative estimate of drug-likeness (QED) is 0.172. The fourth-order valence-corrected chi connectivity index (χ4v) is 7.18. The van der Waals surface area contributed by atoms with Crippen LogP contribution in [0.2, 0.25) is 0 Å². The van der Waals surface area contributed by atoms with E-state index in [1.54, 1.807) is 11.9 Å². The first-order valence-corrected chi connectivity index (χ1v) is 18.0. The van der Waals surface area contributed by atoms with Crippen LogP contribution >= 0.6 is 0 Å². The smallest absolute Gasteiger partial charge is 0.407 e. The number of carbonyl (C=O) groups excluding carboxylic acids is 4. The normalized spacial score (nSPS) is 18.5. The first-order chi connectivity index (χ1) is 23.4. The average molecular weight is 670 g/mol. The molecule has 2 aliphatic carbocycles. The second kappa shape index (κ2) is 16.6. The highest BCUT2D eigenvalue weighted by atomic mass is 16.5. The van der Waals surface area contributed by atoms with Gasteiger partial charge in [0, 0.05) is 38.3 Å². The summed E-state index contributed by atoms with van der Waals surface area (Å²) in [6.07, 6.45) is 3.93. The first kappa shape index (κ1) is 37.7. The molecule has 0 bridgehead atoms. The van der Waals surface area contributed by atoms with Gasteiger partial charge in [0.05, 0.1) is 11.8 Å². The SMILES string of the molecule is C=C1C[C@@H](C(=O)C[C@@H](CCC)C(=NC)C(=O)CC2CC2)N(C(=O)C(NC(=O)OCC2c3ccccc3-c3ccccc32)C(C)(C)C)C1.CC. The van der Waals surface area contributed by atoms with Crippen molar-refractivity contribution in [2.75, 3.05) is 20.2 Å². The lowest BCUT2D eigenvalue weighted by atomic mass is 9.84. The van der Waals surface area contributed by atoms with Crippen molar-refractivity contribution >= 4 is 29.3 Å². The van der Waals surface area contributed by atoms with Crippen LogP contribution in [0.5, 0.6) is 0 Å². The molecular formula is C41H55N3O5. The molecule has 0 aromatic heterocycles. The molecule has 3 atom stereocenters. The molecule has 8 heteroatoms. The molecule has 49 heavy (non-hydrogen) atoms. The molecular weight excluding hydrogens is 614 g/mol. The summed E-state index contributed by atoms with van der Waals surface area (Å²) in [6.45, 7) is 16.2. The van der Waals surface area contributed by atoms with Gasteiger partial charge in [-0.1, -0.05) is 109 Å². The molecule has 0 spiro atoms. The van der Waals surface area contributed by atoms with E-state index in [0.717, 1.165) is 47.1 Å². The number of carbonyl (C=O) groups is 4. The number of benzene rings is 2. The standard InChI is InChI=1S/C39H49N3O5.C2H6/c1-7-12-26(35(40-6)34(44)20-25-17-18-25)21-33(43)32-19-24(2)22-42(32)37(45)36(39(3,4)5)41-38(46)47-23-31-29-15-10-8-13-27(29)28-14-9-11-16-30(28)31;1-2/h8-11,13-16,25-26,31-32,36H,2,7,12,17-23H2,1,3-6H3,(H,41,46);1-2H3/t26-,32+,36?;/m1./s1. The summed E-state index contributed by atoms with van der Waals surface area (Å²) in [7, 11) is 1.63. The third-order valence-electron chi connectivity index (χ3n) is 9.79. The van der Waals surface area contributed by atoms with Crippen molar-refractivity contribution < 1.29 is 23.9 Å². The number of hydrogen-bond donors (Lipinski definition) is 1. The Balaban J connectivity index is 0.00000265. The van der Waals surface area contributed by atoms with Crippen molar-refractivity contribution in [3.8, 4) is 11.1 Å². The molecule has 8 nitrogen and oxygen atoms in total. The van der Waals surface area contributed by atoms with Gasteiger partial charge in [-0.15, -0.1) is 0 Å². The molecule has 1 saturated heterocycles. The van der Waals surface area contributed by atoms with Gasteiger partial charge in [-0.2, -0.15) is 0 Å². The maximum atomic E-state index is 14.2. The Bertz CT molecular complexity index is 1520. The van der Waals surface area contributed by atoms with E-state index < -0.39 is 23.6 Å². The molecule has 264 valence electrons. The molecule has 1 aliphatic heterocycles. The molecule has 2 amide bonds. The molecule has 2 aromatic rings. The number of fused-ring (bicyclic) bond motifs is 3. The van der Waals surface area contributed by atoms with Gasteiger partial charge >= 0.3 is 6.09 Å². The predicted octanol–water partition coefficient (Wildman–Crippen LogP) is 7.94. The van der Waals surface area contributed by atoms with Crippen LogP contribution in [0.3, 0.4) is 0 Å². The topological polar surface area (TPSA) is 105 Å². The van der Waals surface area contributed by atoms with Gasteiger partial charge in [-0.05, 0) is 59.3 Å². The number of ether oxygens (including phenoxy) is 1. The minimum Gasteiger partial charge on any atom is -0.449 e. The Morgan fingerprint density at radius 3 is 2.12 bits per heavy atom. The van der Waals surface area contributed by atoms with Crippen molar-refractivity contribution in [3.63, 3.8) is 0 Å². The lowest BCUT2D eigenvalue weighted by Gasteiger charge is -2.35. The van der Waals surface area contributed by atoms with Gasteiger partial charge in [-0.25, -0.2) is 4.79 Å². The van der Waals surface area contributed by atoms with E-state index in [-0.39, 0.29) is 48.9 Å². The molecule has 0 radical (unpaired) electrons. The lowest BCUT2D eigenvalue weighted by Crippen LogP contribution is -2.57. The van der Waals surface area contributed by atoms with Crippen molar-refractivity contribution in [2.45, 2.75) is 104 Å². The highest BCUT2D eigenvalue weighted by molar-refractivity contribution is 6.41. The van der Waals surface area contributed by atoms with Crippen molar-refractivity contribution in [3.05, 3.63) is 71.8 Å². The average Bonchev–Trinajstić information content (AvgIpc) is 3.71. The lowest BCUT2D eigenvalue weighted by molar-refractivity contribution is -0.141. The predicted molar refractivity (Wildman–Crippen MR) is 196 cm³/mol. The first-order valence-electron chi connectivity index (χ1n) is 18.0. The fraction of sp³-hybridized carbons (Fsp3) is 0.537. The van der Waals surface area contributed by atoms with E-state index in [2.05, 4.69) is 41.2 Å². The van der Waals surface area contributed by atoms with E-state index in [1.165, 1.54) is 0 Å². The number of nitrogens with one attached hydrogen (secondary N) is 1. The third kappa shape index (κ3) is 8.94. The molecule has 1 unspecified atom stereocenters. The number of amides is 2. The largest absolute Gasteiger partial charge is 0.449 e. The zero-order valence-corrected chi connectivity index (χ0v) is 30.5. The minimum atomic E-state index is -0.932. The molecule has 3 aliphatic rings. The summed E-state index contributed by atoms with van der Waals surface area (Å²) >= 11 is 0.